The van der Waals surface area contributed by atoms with E-state index in [1.807, 2.05) is 43.3 Å². The number of hydrogen-bond acceptors (Lipinski definition) is 2. The van der Waals surface area contributed by atoms with Crippen molar-refractivity contribution in [1.29, 1.82) is 0 Å². The molecular formula is C14H11NO. The zero-order valence-electron chi connectivity index (χ0n) is 8.97. The molecule has 0 bridgehead atoms. The van der Waals surface area contributed by atoms with E-state index in [1.54, 1.807) is 0 Å². The van der Waals surface area contributed by atoms with Gasteiger partial charge >= 0.3 is 0 Å². The van der Waals surface area contributed by atoms with Crippen molar-refractivity contribution in [1.82, 2.24) is 5.16 Å². The van der Waals surface area contributed by atoms with Crippen molar-refractivity contribution in [2.75, 3.05) is 0 Å². The summed E-state index contributed by atoms with van der Waals surface area (Å²) in [5.74, 6) is 0. The van der Waals surface area contributed by atoms with Crippen LogP contribution in [0.3, 0.4) is 0 Å². The van der Waals surface area contributed by atoms with Crippen LogP contribution >= 0.6 is 0 Å². The molecule has 0 atom stereocenters. The molecule has 0 spiro atoms. The van der Waals surface area contributed by atoms with Crippen LogP contribution in [0.2, 0.25) is 0 Å². The largest absolute Gasteiger partial charge is 0.356 e. The number of aromatic nitrogens is 1. The number of benzene rings is 2. The van der Waals surface area contributed by atoms with Gasteiger partial charge in [-0.2, -0.15) is 0 Å². The van der Waals surface area contributed by atoms with E-state index in [4.69, 9.17) is 4.52 Å². The van der Waals surface area contributed by atoms with Crippen LogP contribution in [-0.2, 0) is 0 Å². The second kappa shape index (κ2) is 3.49. The van der Waals surface area contributed by atoms with Gasteiger partial charge in [0.15, 0.2) is 5.58 Å². The molecular weight excluding hydrogens is 198 g/mol. The summed E-state index contributed by atoms with van der Waals surface area (Å²) in [4.78, 5) is 0. The highest BCUT2D eigenvalue weighted by molar-refractivity contribution is 5.91. The van der Waals surface area contributed by atoms with Gasteiger partial charge < -0.3 is 4.52 Å². The van der Waals surface area contributed by atoms with Crippen molar-refractivity contribution >= 4 is 11.0 Å². The van der Waals surface area contributed by atoms with Crippen molar-refractivity contribution in [3.63, 3.8) is 0 Å². The van der Waals surface area contributed by atoms with E-state index in [2.05, 4.69) is 17.3 Å². The fourth-order valence-corrected chi connectivity index (χ4v) is 1.85. The molecule has 0 amide bonds. The van der Waals surface area contributed by atoms with Crippen LogP contribution in [0, 0.1) is 6.92 Å². The molecule has 0 fully saturated rings. The number of rotatable bonds is 1. The molecule has 0 saturated carbocycles. The Hall–Kier alpha value is -2.09. The molecule has 1 heterocycles. The summed E-state index contributed by atoms with van der Waals surface area (Å²) in [6.45, 7) is 2.05. The number of hydrogen-bond donors (Lipinski definition) is 0. The molecule has 3 aromatic rings. The summed E-state index contributed by atoms with van der Waals surface area (Å²) in [7, 11) is 0. The van der Waals surface area contributed by atoms with Crippen molar-refractivity contribution in [3.8, 4) is 11.3 Å². The minimum Gasteiger partial charge on any atom is -0.356 e. The van der Waals surface area contributed by atoms with Gasteiger partial charge in [0.2, 0.25) is 0 Å². The van der Waals surface area contributed by atoms with Gasteiger partial charge in [-0.05, 0) is 24.6 Å². The van der Waals surface area contributed by atoms with Gasteiger partial charge in [-0.3, -0.25) is 0 Å². The lowest BCUT2D eigenvalue weighted by Crippen LogP contribution is -1.77. The zero-order valence-corrected chi connectivity index (χ0v) is 8.97. The van der Waals surface area contributed by atoms with E-state index in [0.29, 0.717) is 0 Å². The van der Waals surface area contributed by atoms with Gasteiger partial charge in [-0.25, -0.2) is 0 Å². The maximum Gasteiger partial charge on any atom is 0.167 e. The Balaban J connectivity index is 2.26. The Bertz CT molecular complexity index is 626. The van der Waals surface area contributed by atoms with Gasteiger partial charge in [-0.1, -0.05) is 41.6 Å². The molecule has 1 aromatic heterocycles. The van der Waals surface area contributed by atoms with Crippen LogP contribution in [0.25, 0.3) is 22.2 Å². The molecule has 2 nitrogen and oxygen atoms in total. The van der Waals surface area contributed by atoms with Gasteiger partial charge in [0, 0.05) is 10.9 Å². The third-order valence-electron chi connectivity index (χ3n) is 2.67. The first-order valence-electron chi connectivity index (χ1n) is 5.26. The molecule has 3 rings (SSSR count). The SMILES string of the molecule is Cc1ccc2c(-c3ccccc3)noc2c1. The molecule has 0 aliphatic carbocycles. The molecule has 2 heteroatoms. The molecule has 2 aromatic carbocycles. The lowest BCUT2D eigenvalue weighted by molar-refractivity contribution is 0.459. The fraction of sp³-hybridized carbons (Fsp3) is 0.0714. The normalized spacial score (nSPS) is 10.8. The molecule has 0 aliphatic heterocycles. The Labute approximate surface area is 93.5 Å². The maximum atomic E-state index is 5.33. The second-order valence-electron chi connectivity index (χ2n) is 3.90. The van der Waals surface area contributed by atoms with Gasteiger partial charge in [0.1, 0.15) is 5.69 Å². The third kappa shape index (κ3) is 1.39. The minimum atomic E-state index is 0.846. The molecule has 0 aliphatic rings. The summed E-state index contributed by atoms with van der Waals surface area (Å²) in [6, 6.07) is 16.2. The summed E-state index contributed by atoms with van der Waals surface area (Å²) in [6.07, 6.45) is 0. The predicted molar refractivity (Wildman–Crippen MR) is 64.2 cm³/mol. The molecule has 78 valence electrons. The molecule has 0 unspecified atom stereocenters. The van der Waals surface area contributed by atoms with Gasteiger partial charge in [0.05, 0.1) is 0 Å². The Morgan fingerprint density at radius 1 is 1.00 bits per heavy atom. The van der Waals surface area contributed by atoms with E-state index >= 15 is 0 Å². The summed E-state index contributed by atoms with van der Waals surface area (Å²) in [5.41, 5.74) is 4.03. The van der Waals surface area contributed by atoms with Crippen LogP contribution < -0.4 is 0 Å². The average Bonchev–Trinajstić information content (AvgIpc) is 2.73. The second-order valence-corrected chi connectivity index (χ2v) is 3.90. The van der Waals surface area contributed by atoms with Crippen LogP contribution in [0.5, 0.6) is 0 Å². The highest BCUT2D eigenvalue weighted by Crippen LogP contribution is 2.27. The van der Waals surface area contributed by atoms with Crippen LogP contribution in [-0.4, -0.2) is 5.16 Å². The van der Waals surface area contributed by atoms with Gasteiger partial charge in [-0.15, -0.1) is 0 Å². The summed E-state index contributed by atoms with van der Waals surface area (Å²) in [5, 5.41) is 5.20. The Morgan fingerprint density at radius 3 is 2.62 bits per heavy atom. The zero-order chi connectivity index (χ0) is 11.0. The van der Waals surface area contributed by atoms with Crippen molar-refractivity contribution in [2.45, 2.75) is 6.92 Å². The first-order chi connectivity index (χ1) is 7.84. The van der Waals surface area contributed by atoms with Crippen LogP contribution in [0.15, 0.2) is 53.1 Å². The third-order valence-corrected chi connectivity index (χ3v) is 2.67. The molecule has 0 saturated heterocycles. The monoisotopic (exact) mass is 209 g/mol. The summed E-state index contributed by atoms with van der Waals surface area (Å²) >= 11 is 0. The molecule has 16 heavy (non-hydrogen) atoms. The first kappa shape index (κ1) is 9.16. The molecule has 0 radical (unpaired) electrons. The topological polar surface area (TPSA) is 26.0 Å². The smallest absolute Gasteiger partial charge is 0.167 e. The molecule has 0 N–H and O–H groups in total. The van der Waals surface area contributed by atoms with Crippen LogP contribution in [0.1, 0.15) is 5.56 Å². The van der Waals surface area contributed by atoms with E-state index in [9.17, 15) is 0 Å². The first-order valence-corrected chi connectivity index (χ1v) is 5.26. The maximum absolute atomic E-state index is 5.33. The number of nitrogens with zero attached hydrogens (tertiary/aromatic N) is 1. The Morgan fingerprint density at radius 2 is 1.81 bits per heavy atom. The van der Waals surface area contributed by atoms with E-state index < -0.39 is 0 Å². The van der Waals surface area contributed by atoms with Crippen LogP contribution in [0.4, 0.5) is 0 Å². The average molecular weight is 209 g/mol. The standard InChI is InChI=1S/C14H11NO/c1-10-7-8-12-13(9-10)16-15-14(12)11-5-3-2-4-6-11/h2-9H,1H3. The fourth-order valence-electron chi connectivity index (χ4n) is 1.85. The van der Waals surface area contributed by atoms with Crippen molar-refractivity contribution in [3.05, 3.63) is 54.1 Å². The minimum absolute atomic E-state index is 0.846. The van der Waals surface area contributed by atoms with Crippen molar-refractivity contribution in [2.24, 2.45) is 0 Å². The quantitative estimate of drug-likeness (QED) is 0.609. The van der Waals surface area contributed by atoms with E-state index in [1.165, 1.54) is 5.56 Å². The lowest BCUT2D eigenvalue weighted by Gasteiger charge is -1.95. The van der Waals surface area contributed by atoms with E-state index in [0.717, 1.165) is 22.2 Å². The van der Waals surface area contributed by atoms with Crippen molar-refractivity contribution < 1.29 is 4.52 Å². The Kier molecular flexibility index (Phi) is 2.00. The highest BCUT2D eigenvalue weighted by atomic mass is 16.5. The predicted octanol–water partition coefficient (Wildman–Crippen LogP) is 3.80. The van der Waals surface area contributed by atoms with Gasteiger partial charge in [0.25, 0.3) is 0 Å². The number of fused-ring (bicyclic) bond motifs is 1. The lowest BCUT2D eigenvalue weighted by atomic mass is 10.1. The number of aryl methyl sites for hydroxylation is 1. The highest BCUT2D eigenvalue weighted by Gasteiger charge is 2.09. The summed E-state index contributed by atoms with van der Waals surface area (Å²) < 4.78 is 5.33. The van der Waals surface area contributed by atoms with E-state index in [-0.39, 0.29) is 0 Å².